The number of benzene rings is 1. The van der Waals surface area contributed by atoms with Crippen LogP contribution in [0.3, 0.4) is 0 Å². The minimum absolute atomic E-state index is 0.550. The molecule has 0 aliphatic carbocycles. The number of hydrogen-bond acceptors (Lipinski definition) is 1. The molecule has 0 unspecified atom stereocenters. The predicted octanol–water partition coefficient (Wildman–Crippen LogP) is 2.70. The van der Waals surface area contributed by atoms with Crippen LogP contribution in [0.4, 0.5) is 0 Å². The van der Waals surface area contributed by atoms with E-state index in [2.05, 4.69) is 6.08 Å². The number of rotatable bonds is 1. The number of ether oxygens (including phenoxy) is 1. The van der Waals surface area contributed by atoms with Crippen LogP contribution in [0.2, 0.25) is 0 Å². The van der Waals surface area contributed by atoms with Crippen LogP contribution in [0.25, 0.3) is 6.08 Å². The lowest BCUT2D eigenvalue weighted by Gasteiger charge is -2.15. The molecule has 1 aromatic rings. The van der Waals surface area contributed by atoms with Gasteiger partial charge >= 0.3 is 0 Å². The van der Waals surface area contributed by atoms with Crippen LogP contribution in [0.5, 0.6) is 5.75 Å². The van der Waals surface area contributed by atoms with Crippen molar-refractivity contribution in [3.63, 3.8) is 0 Å². The second kappa shape index (κ2) is 3.20. The van der Waals surface area contributed by atoms with Gasteiger partial charge in [-0.25, -0.2) is 0 Å². The Balaban J connectivity index is 2.41. The molecule has 2 heteroatoms. The lowest BCUT2D eigenvalue weighted by Crippen LogP contribution is -2.07. The molecule has 0 spiro atoms. The fourth-order valence-electron chi connectivity index (χ4n) is 1.24. The van der Waals surface area contributed by atoms with Crippen molar-refractivity contribution in [2.24, 2.45) is 0 Å². The molecule has 1 heterocycles. The zero-order chi connectivity index (χ0) is 8.39. The van der Waals surface area contributed by atoms with Gasteiger partial charge in [0, 0.05) is 11.4 Å². The highest BCUT2D eigenvalue weighted by Gasteiger charge is 2.08. The van der Waals surface area contributed by atoms with E-state index in [1.807, 2.05) is 24.3 Å². The Morgan fingerprint density at radius 1 is 1.33 bits per heavy atom. The fourth-order valence-corrected chi connectivity index (χ4v) is 1.39. The van der Waals surface area contributed by atoms with Gasteiger partial charge in [0.2, 0.25) is 0 Å². The monoisotopic (exact) mass is 180 g/mol. The third-order valence-corrected chi connectivity index (χ3v) is 2.21. The Kier molecular flexibility index (Phi) is 2.05. The van der Waals surface area contributed by atoms with Gasteiger partial charge in [-0.05, 0) is 17.7 Å². The van der Waals surface area contributed by atoms with Gasteiger partial charge in [-0.1, -0.05) is 18.2 Å². The van der Waals surface area contributed by atoms with Crippen LogP contribution in [-0.2, 0) is 0 Å². The van der Waals surface area contributed by atoms with E-state index in [1.54, 1.807) is 0 Å². The summed E-state index contributed by atoms with van der Waals surface area (Å²) in [6, 6.07) is 7.96. The molecule has 1 aromatic carbocycles. The first-order valence-electron chi connectivity index (χ1n) is 3.87. The lowest BCUT2D eigenvalue weighted by atomic mass is 10.1. The van der Waals surface area contributed by atoms with E-state index in [9.17, 15) is 0 Å². The molecule has 0 amide bonds. The summed E-state index contributed by atoms with van der Waals surface area (Å²) in [4.78, 5) is 0. The summed E-state index contributed by atoms with van der Waals surface area (Å²) in [5.74, 6) is 1.50. The van der Waals surface area contributed by atoms with Gasteiger partial charge in [-0.15, -0.1) is 11.6 Å². The van der Waals surface area contributed by atoms with Crippen LogP contribution >= 0.6 is 11.6 Å². The Bertz CT molecular complexity index is 317. The van der Waals surface area contributed by atoms with Crippen molar-refractivity contribution in [1.29, 1.82) is 0 Å². The molecular formula is C10H9ClO. The molecule has 0 saturated heterocycles. The number of halogens is 1. The van der Waals surface area contributed by atoms with Crippen LogP contribution in [0.15, 0.2) is 29.8 Å². The molecule has 62 valence electrons. The van der Waals surface area contributed by atoms with Crippen LogP contribution in [-0.4, -0.2) is 12.5 Å². The van der Waals surface area contributed by atoms with Gasteiger partial charge < -0.3 is 4.74 Å². The van der Waals surface area contributed by atoms with E-state index in [1.165, 1.54) is 0 Å². The molecule has 0 aromatic heterocycles. The van der Waals surface area contributed by atoms with Crippen molar-refractivity contribution in [2.75, 3.05) is 12.5 Å². The second-order valence-corrected chi connectivity index (χ2v) is 3.03. The molecule has 0 bridgehead atoms. The van der Waals surface area contributed by atoms with Crippen LogP contribution in [0.1, 0.15) is 5.56 Å². The van der Waals surface area contributed by atoms with E-state index in [-0.39, 0.29) is 0 Å². The fraction of sp³-hybridized carbons (Fsp3) is 0.200. The summed E-state index contributed by atoms with van der Waals surface area (Å²) >= 11 is 5.70. The Hall–Kier alpha value is -0.950. The minimum Gasteiger partial charge on any atom is -0.489 e. The second-order valence-electron chi connectivity index (χ2n) is 2.76. The first-order chi connectivity index (χ1) is 5.90. The van der Waals surface area contributed by atoms with E-state index in [0.717, 1.165) is 16.9 Å². The van der Waals surface area contributed by atoms with E-state index in [0.29, 0.717) is 12.5 Å². The van der Waals surface area contributed by atoms with E-state index < -0.39 is 0 Å². The molecular weight excluding hydrogens is 172 g/mol. The van der Waals surface area contributed by atoms with Gasteiger partial charge in [0.05, 0.1) is 0 Å². The first kappa shape index (κ1) is 7.69. The third-order valence-electron chi connectivity index (χ3n) is 1.86. The standard InChI is InChI=1S/C10H9ClO/c11-6-8-5-9-3-1-2-4-10(9)12-7-8/h1-5H,6-7H2. The molecule has 0 fully saturated rings. The van der Waals surface area contributed by atoms with E-state index in [4.69, 9.17) is 16.3 Å². The maximum absolute atomic E-state index is 5.70. The maximum atomic E-state index is 5.70. The van der Waals surface area contributed by atoms with Crippen molar-refractivity contribution in [1.82, 2.24) is 0 Å². The number of hydrogen-bond donors (Lipinski definition) is 0. The molecule has 0 saturated carbocycles. The minimum atomic E-state index is 0.550. The van der Waals surface area contributed by atoms with Crippen molar-refractivity contribution >= 4 is 17.7 Å². The van der Waals surface area contributed by atoms with Crippen molar-refractivity contribution < 1.29 is 4.74 Å². The number of fused-ring (bicyclic) bond motifs is 1. The Morgan fingerprint density at radius 3 is 3.00 bits per heavy atom. The topological polar surface area (TPSA) is 9.23 Å². The zero-order valence-corrected chi connectivity index (χ0v) is 7.34. The van der Waals surface area contributed by atoms with Crippen molar-refractivity contribution in [3.8, 4) is 5.75 Å². The Labute approximate surface area is 76.6 Å². The van der Waals surface area contributed by atoms with Gasteiger partial charge in [-0.3, -0.25) is 0 Å². The average molecular weight is 181 g/mol. The summed E-state index contributed by atoms with van der Waals surface area (Å²) in [5, 5.41) is 0. The molecule has 12 heavy (non-hydrogen) atoms. The lowest BCUT2D eigenvalue weighted by molar-refractivity contribution is 0.348. The highest BCUT2D eigenvalue weighted by Crippen LogP contribution is 2.25. The van der Waals surface area contributed by atoms with Gasteiger partial charge in [-0.2, -0.15) is 0 Å². The van der Waals surface area contributed by atoms with Gasteiger partial charge in [0.15, 0.2) is 0 Å². The van der Waals surface area contributed by atoms with Gasteiger partial charge in [0.1, 0.15) is 12.4 Å². The third kappa shape index (κ3) is 1.32. The van der Waals surface area contributed by atoms with Gasteiger partial charge in [0.25, 0.3) is 0 Å². The summed E-state index contributed by atoms with van der Waals surface area (Å²) in [5.41, 5.74) is 2.26. The number of alkyl halides is 1. The highest BCUT2D eigenvalue weighted by molar-refractivity contribution is 6.19. The summed E-state index contributed by atoms with van der Waals surface area (Å²) < 4.78 is 5.47. The number of para-hydroxylation sites is 1. The zero-order valence-electron chi connectivity index (χ0n) is 6.59. The molecule has 1 aliphatic rings. The molecule has 0 N–H and O–H groups in total. The highest BCUT2D eigenvalue weighted by atomic mass is 35.5. The largest absolute Gasteiger partial charge is 0.489 e. The van der Waals surface area contributed by atoms with Crippen LogP contribution in [0, 0.1) is 0 Å². The molecule has 0 radical (unpaired) electrons. The SMILES string of the molecule is ClCC1=Cc2ccccc2OC1. The van der Waals surface area contributed by atoms with Crippen molar-refractivity contribution in [2.45, 2.75) is 0 Å². The average Bonchev–Trinajstić information content (AvgIpc) is 2.17. The summed E-state index contributed by atoms with van der Waals surface area (Å²) in [6.07, 6.45) is 2.09. The van der Waals surface area contributed by atoms with E-state index >= 15 is 0 Å². The normalized spacial score (nSPS) is 14.6. The molecule has 1 nitrogen and oxygen atoms in total. The quantitative estimate of drug-likeness (QED) is 0.604. The smallest absolute Gasteiger partial charge is 0.127 e. The molecule has 0 atom stereocenters. The van der Waals surface area contributed by atoms with Crippen LogP contribution < -0.4 is 4.74 Å². The summed E-state index contributed by atoms with van der Waals surface area (Å²) in [6.45, 7) is 0.626. The maximum Gasteiger partial charge on any atom is 0.127 e. The predicted molar refractivity (Wildman–Crippen MR) is 50.6 cm³/mol. The Morgan fingerprint density at radius 2 is 2.17 bits per heavy atom. The molecule has 1 aliphatic heterocycles. The molecule has 2 rings (SSSR count). The van der Waals surface area contributed by atoms with Crippen molar-refractivity contribution in [3.05, 3.63) is 35.4 Å². The first-order valence-corrected chi connectivity index (χ1v) is 4.41. The summed E-state index contributed by atoms with van der Waals surface area (Å²) in [7, 11) is 0.